The fraction of sp³-hybridized carbons (Fsp3) is 0.188. The molecule has 0 radical (unpaired) electrons. The quantitative estimate of drug-likeness (QED) is 0.685. The molecule has 0 unspecified atom stereocenters. The number of hydrogen-bond donors (Lipinski definition) is 1. The van der Waals surface area contributed by atoms with Gasteiger partial charge in [0.2, 0.25) is 0 Å². The first-order valence-corrected chi connectivity index (χ1v) is 6.71. The molecule has 0 aliphatic rings. The summed E-state index contributed by atoms with van der Waals surface area (Å²) in [5, 5.41) is 0.447. The van der Waals surface area contributed by atoms with Gasteiger partial charge < -0.3 is 10.5 Å². The van der Waals surface area contributed by atoms with Crippen molar-refractivity contribution in [2.24, 2.45) is 0 Å². The first-order valence-electron chi connectivity index (χ1n) is 6.33. The van der Waals surface area contributed by atoms with Crippen molar-refractivity contribution < 1.29 is 9.53 Å². The predicted molar refractivity (Wildman–Crippen MR) is 81.5 cm³/mol. The number of benzene rings is 2. The zero-order valence-electron chi connectivity index (χ0n) is 11.4. The van der Waals surface area contributed by atoms with E-state index >= 15 is 0 Å². The first-order chi connectivity index (χ1) is 9.45. The lowest BCUT2D eigenvalue weighted by atomic mass is 10.0. The monoisotopic (exact) mass is 289 g/mol. The van der Waals surface area contributed by atoms with E-state index in [1.54, 1.807) is 36.4 Å². The van der Waals surface area contributed by atoms with Gasteiger partial charge in [0.05, 0.1) is 6.10 Å². The van der Waals surface area contributed by atoms with Crippen molar-refractivity contribution in [3.63, 3.8) is 0 Å². The maximum absolute atomic E-state index is 12.4. The van der Waals surface area contributed by atoms with Crippen LogP contribution in [0.15, 0.2) is 42.5 Å². The molecule has 4 heteroatoms. The van der Waals surface area contributed by atoms with E-state index in [4.69, 9.17) is 22.1 Å². The molecule has 0 spiro atoms. The molecule has 2 aromatic carbocycles. The highest BCUT2D eigenvalue weighted by molar-refractivity contribution is 6.31. The van der Waals surface area contributed by atoms with Crippen molar-refractivity contribution in [3.05, 3.63) is 58.6 Å². The Bertz CT molecular complexity index is 618. The number of carbonyl (C=O) groups excluding carboxylic acids is 1. The molecule has 0 aliphatic carbocycles. The van der Waals surface area contributed by atoms with Crippen LogP contribution in [0.2, 0.25) is 5.02 Å². The van der Waals surface area contributed by atoms with E-state index in [9.17, 15) is 4.79 Å². The number of nitrogen functional groups attached to an aromatic ring is 1. The van der Waals surface area contributed by atoms with E-state index < -0.39 is 0 Å². The van der Waals surface area contributed by atoms with E-state index in [0.29, 0.717) is 27.6 Å². The number of anilines is 1. The van der Waals surface area contributed by atoms with Gasteiger partial charge in [-0.25, -0.2) is 0 Å². The Morgan fingerprint density at radius 2 is 1.90 bits per heavy atom. The third kappa shape index (κ3) is 3.52. The summed E-state index contributed by atoms with van der Waals surface area (Å²) in [7, 11) is 0. The number of ketones is 1. The Labute approximate surface area is 123 Å². The number of hydrogen-bond acceptors (Lipinski definition) is 3. The highest BCUT2D eigenvalue weighted by Gasteiger charge is 2.11. The van der Waals surface area contributed by atoms with Gasteiger partial charge in [-0.1, -0.05) is 23.7 Å². The SMILES string of the molecule is CC(C)Oc1cccc(C(=O)c2cc(N)cc(Cl)c2)c1. The molecule has 0 fully saturated rings. The number of nitrogens with two attached hydrogens (primary N) is 1. The van der Waals surface area contributed by atoms with Crippen LogP contribution >= 0.6 is 11.6 Å². The van der Waals surface area contributed by atoms with Gasteiger partial charge in [-0.15, -0.1) is 0 Å². The van der Waals surface area contributed by atoms with Crippen molar-refractivity contribution in [1.82, 2.24) is 0 Å². The molecule has 0 bridgehead atoms. The average molecular weight is 290 g/mol. The molecule has 2 aromatic rings. The summed E-state index contributed by atoms with van der Waals surface area (Å²) >= 11 is 5.92. The average Bonchev–Trinajstić information content (AvgIpc) is 2.36. The lowest BCUT2D eigenvalue weighted by Gasteiger charge is -2.10. The van der Waals surface area contributed by atoms with Crippen molar-refractivity contribution in [2.75, 3.05) is 5.73 Å². The fourth-order valence-corrected chi connectivity index (χ4v) is 2.14. The molecule has 104 valence electrons. The fourth-order valence-electron chi connectivity index (χ4n) is 1.89. The van der Waals surface area contributed by atoms with Crippen LogP contribution in [0.5, 0.6) is 5.75 Å². The van der Waals surface area contributed by atoms with Crippen LogP contribution in [0.3, 0.4) is 0 Å². The van der Waals surface area contributed by atoms with Crippen molar-refractivity contribution >= 4 is 23.1 Å². The van der Waals surface area contributed by atoms with Gasteiger partial charge in [-0.3, -0.25) is 4.79 Å². The van der Waals surface area contributed by atoms with Crippen LogP contribution in [-0.4, -0.2) is 11.9 Å². The minimum atomic E-state index is -0.131. The second kappa shape index (κ2) is 5.97. The largest absolute Gasteiger partial charge is 0.491 e. The van der Waals surface area contributed by atoms with E-state index in [1.165, 1.54) is 0 Å². The summed E-state index contributed by atoms with van der Waals surface area (Å²) in [6.45, 7) is 3.87. The highest BCUT2D eigenvalue weighted by Crippen LogP contribution is 2.21. The minimum absolute atomic E-state index is 0.0576. The highest BCUT2D eigenvalue weighted by atomic mass is 35.5. The standard InChI is InChI=1S/C16H16ClNO2/c1-10(2)20-15-5-3-4-11(8-15)16(19)12-6-13(17)9-14(18)7-12/h3-10H,18H2,1-2H3. The first kappa shape index (κ1) is 14.4. The molecule has 0 atom stereocenters. The van der Waals surface area contributed by atoms with Gasteiger partial charge in [0, 0.05) is 21.8 Å². The van der Waals surface area contributed by atoms with Crippen LogP contribution in [0.4, 0.5) is 5.69 Å². The second-order valence-electron chi connectivity index (χ2n) is 4.80. The zero-order chi connectivity index (χ0) is 14.7. The number of halogens is 1. The Morgan fingerprint density at radius 3 is 2.55 bits per heavy atom. The second-order valence-corrected chi connectivity index (χ2v) is 5.23. The molecule has 0 heterocycles. The van der Waals surface area contributed by atoms with E-state index in [1.807, 2.05) is 19.9 Å². The maximum Gasteiger partial charge on any atom is 0.193 e. The Balaban J connectivity index is 2.33. The van der Waals surface area contributed by atoms with Crippen molar-refractivity contribution in [1.29, 1.82) is 0 Å². The molecule has 0 aromatic heterocycles. The topological polar surface area (TPSA) is 52.3 Å². The van der Waals surface area contributed by atoms with E-state index in [2.05, 4.69) is 0 Å². The molecule has 0 saturated heterocycles. The van der Waals surface area contributed by atoms with Gasteiger partial charge in [0.1, 0.15) is 5.75 Å². The summed E-state index contributed by atoms with van der Waals surface area (Å²) in [6, 6.07) is 11.9. The summed E-state index contributed by atoms with van der Waals surface area (Å²) in [5.74, 6) is 0.536. The van der Waals surface area contributed by atoms with Gasteiger partial charge in [0.25, 0.3) is 0 Å². The molecule has 2 N–H and O–H groups in total. The minimum Gasteiger partial charge on any atom is -0.491 e. The molecule has 3 nitrogen and oxygen atoms in total. The third-order valence-electron chi connectivity index (χ3n) is 2.65. The molecule has 2 rings (SSSR count). The summed E-state index contributed by atoms with van der Waals surface area (Å²) in [5.41, 5.74) is 7.19. The van der Waals surface area contributed by atoms with Crippen LogP contribution in [0.1, 0.15) is 29.8 Å². The van der Waals surface area contributed by atoms with E-state index in [-0.39, 0.29) is 11.9 Å². The summed E-state index contributed by atoms with van der Waals surface area (Å²) in [6.07, 6.45) is 0.0576. The van der Waals surface area contributed by atoms with Crippen LogP contribution in [0.25, 0.3) is 0 Å². The van der Waals surface area contributed by atoms with Crippen molar-refractivity contribution in [2.45, 2.75) is 20.0 Å². The normalized spacial score (nSPS) is 10.6. The maximum atomic E-state index is 12.4. The van der Waals surface area contributed by atoms with Crippen LogP contribution in [-0.2, 0) is 0 Å². The molecular formula is C16H16ClNO2. The zero-order valence-corrected chi connectivity index (χ0v) is 12.1. The van der Waals surface area contributed by atoms with Gasteiger partial charge in [-0.05, 0) is 44.2 Å². The van der Waals surface area contributed by atoms with E-state index in [0.717, 1.165) is 0 Å². The van der Waals surface area contributed by atoms with Crippen LogP contribution < -0.4 is 10.5 Å². The van der Waals surface area contributed by atoms with Crippen LogP contribution in [0, 0.1) is 0 Å². The van der Waals surface area contributed by atoms with Crippen molar-refractivity contribution in [3.8, 4) is 5.75 Å². The lowest BCUT2D eigenvalue weighted by molar-refractivity contribution is 0.103. The third-order valence-corrected chi connectivity index (χ3v) is 2.87. The van der Waals surface area contributed by atoms with Gasteiger partial charge in [0.15, 0.2) is 5.78 Å². The Kier molecular flexibility index (Phi) is 4.30. The number of carbonyl (C=O) groups is 1. The molecular weight excluding hydrogens is 274 g/mol. The number of rotatable bonds is 4. The summed E-state index contributed by atoms with van der Waals surface area (Å²) in [4.78, 5) is 12.4. The van der Waals surface area contributed by atoms with Gasteiger partial charge in [-0.2, -0.15) is 0 Å². The summed E-state index contributed by atoms with van der Waals surface area (Å²) < 4.78 is 5.59. The molecule has 0 saturated carbocycles. The predicted octanol–water partition coefficient (Wildman–Crippen LogP) is 3.94. The number of ether oxygens (including phenoxy) is 1. The Hall–Kier alpha value is -2.00. The smallest absolute Gasteiger partial charge is 0.193 e. The van der Waals surface area contributed by atoms with Gasteiger partial charge >= 0.3 is 0 Å². The molecule has 0 amide bonds. The molecule has 20 heavy (non-hydrogen) atoms. The Morgan fingerprint density at radius 1 is 1.15 bits per heavy atom. The molecule has 0 aliphatic heterocycles. The lowest BCUT2D eigenvalue weighted by Crippen LogP contribution is -2.07.